The standard InChI is InChI=1S/C21H21NO4/c1-13(2)17-6-4-5-7-19(17)25-12-18-14(3)26-20(22-18)15-8-10-16(11-9-15)21(23)24/h4-11,13H,12H2,1-3H3,(H,23,24). The smallest absolute Gasteiger partial charge is 0.335 e. The lowest BCUT2D eigenvalue weighted by atomic mass is 10.0. The Bertz CT molecular complexity index is 910. The van der Waals surface area contributed by atoms with Crippen molar-refractivity contribution in [3.8, 4) is 17.2 Å². The van der Waals surface area contributed by atoms with Crippen molar-refractivity contribution in [3.05, 3.63) is 71.1 Å². The highest BCUT2D eigenvalue weighted by atomic mass is 16.5. The molecule has 0 saturated heterocycles. The molecule has 2 aromatic carbocycles. The number of ether oxygens (including phenoxy) is 1. The summed E-state index contributed by atoms with van der Waals surface area (Å²) in [5.41, 5.74) is 2.83. The second-order valence-electron chi connectivity index (χ2n) is 6.39. The fraction of sp³-hybridized carbons (Fsp3) is 0.238. The number of aryl methyl sites for hydroxylation is 1. The topological polar surface area (TPSA) is 72.6 Å². The van der Waals surface area contributed by atoms with Crippen molar-refractivity contribution in [2.24, 2.45) is 0 Å². The van der Waals surface area contributed by atoms with Crippen molar-refractivity contribution in [2.75, 3.05) is 0 Å². The van der Waals surface area contributed by atoms with Gasteiger partial charge in [0.05, 0.1) is 5.56 Å². The van der Waals surface area contributed by atoms with Gasteiger partial charge in [0.2, 0.25) is 5.89 Å². The maximum atomic E-state index is 10.9. The quantitative estimate of drug-likeness (QED) is 0.673. The highest BCUT2D eigenvalue weighted by Gasteiger charge is 2.14. The fourth-order valence-corrected chi connectivity index (χ4v) is 2.68. The molecule has 0 aliphatic heterocycles. The molecule has 0 atom stereocenters. The second kappa shape index (κ2) is 7.44. The molecule has 3 aromatic rings. The van der Waals surface area contributed by atoms with E-state index in [1.165, 1.54) is 12.1 Å². The van der Waals surface area contributed by atoms with E-state index in [4.69, 9.17) is 14.3 Å². The van der Waals surface area contributed by atoms with Crippen LogP contribution in [0.2, 0.25) is 0 Å². The van der Waals surface area contributed by atoms with Crippen LogP contribution in [0.1, 0.15) is 47.1 Å². The Kier molecular flexibility index (Phi) is 5.07. The number of carbonyl (C=O) groups is 1. The van der Waals surface area contributed by atoms with Gasteiger partial charge < -0.3 is 14.3 Å². The lowest BCUT2D eigenvalue weighted by molar-refractivity contribution is 0.0697. The largest absolute Gasteiger partial charge is 0.487 e. The van der Waals surface area contributed by atoms with Gasteiger partial charge in [0.15, 0.2) is 0 Å². The van der Waals surface area contributed by atoms with E-state index in [1.54, 1.807) is 12.1 Å². The Labute approximate surface area is 152 Å². The first-order valence-electron chi connectivity index (χ1n) is 8.47. The van der Waals surface area contributed by atoms with E-state index in [0.717, 1.165) is 22.6 Å². The van der Waals surface area contributed by atoms with E-state index >= 15 is 0 Å². The van der Waals surface area contributed by atoms with Gasteiger partial charge in [-0.05, 0) is 48.7 Å². The summed E-state index contributed by atoms with van der Waals surface area (Å²) < 4.78 is 11.7. The van der Waals surface area contributed by atoms with Gasteiger partial charge in [-0.1, -0.05) is 32.0 Å². The molecule has 5 heteroatoms. The molecule has 0 amide bonds. The van der Waals surface area contributed by atoms with Crippen LogP contribution in [0.3, 0.4) is 0 Å². The van der Waals surface area contributed by atoms with Gasteiger partial charge in [-0.25, -0.2) is 9.78 Å². The molecule has 0 saturated carbocycles. The Morgan fingerprint density at radius 3 is 2.50 bits per heavy atom. The van der Waals surface area contributed by atoms with Crippen molar-refractivity contribution in [1.82, 2.24) is 4.98 Å². The molecule has 1 heterocycles. The summed E-state index contributed by atoms with van der Waals surface area (Å²) in [7, 11) is 0. The number of hydrogen-bond acceptors (Lipinski definition) is 4. The molecule has 0 spiro atoms. The highest BCUT2D eigenvalue weighted by molar-refractivity contribution is 5.88. The van der Waals surface area contributed by atoms with Crippen LogP contribution in [0, 0.1) is 6.92 Å². The predicted octanol–water partition coefficient (Wildman–Crippen LogP) is 5.05. The molecule has 0 unspecified atom stereocenters. The van der Waals surface area contributed by atoms with E-state index in [9.17, 15) is 4.79 Å². The van der Waals surface area contributed by atoms with Crippen LogP contribution in [0.5, 0.6) is 5.75 Å². The third-order valence-electron chi connectivity index (χ3n) is 4.18. The summed E-state index contributed by atoms with van der Waals surface area (Å²) in [6, 6.07) is 14.4. The Balaban J connectivity index is 1.78. The molecule has 1 aromatic heterocycles. The fourth-order valence-electron chi connectivity index (χ4n) is 2.68. The number of aromatic carboxylic acids is 1. The number of para-hydroxylation sites is 1. The first-order valence-corrected chi connectivity index (χ1v) is 8.47. The lowest BCUT2D eigenvalue weighted by Crippen LogP contribution is -2.01. The summed E-state index contributed by atoms with van der Waals surface area (Å²) in [4.78, 5) is 15.5. The van der Waals surface area contributed by atoms with Crippen molar-refractivity contribution >= 4 is 5.97 Å². The van der Waals surface area contributed by atoms with E-state index in [2.05, 4.69) is 24.9 Å². The van der Waals surface area contributed by atoms with Crippen molar-refractivity contribution in [1.29, 1.82) is 0 Å². The van der Waals surface area contributed by atoms with E-state index in [-0.39, 0.29) is 5.56 Å². The van der Waals surface area contributed by atoms with Gasteiger partial charge >= 0.3 is 5.97 Å². The molecule has 5 nitrogen and oxygen atoms in total. The molecule has 0 bridgehead atoms. The van der Waals surface area contributed by atoms with Crippen LogP contribution in [0.25, 0.3) is 11.5 Å². The van der Waals surface area contributed by atoms with Gasteiger partial charge in [0.1, 0.15) is 23.8 Å². The number of hydrogen-bond donors (Lipinski definition) is 1. The van der Waals surface area contributed by atoms with E-state index < -0.39 is 5.97 Å². The average molecular weight is 351 g/mol. The summed E-state index contributed by atoms with van der Waals surface area (Å²) in [5, 5.41) is 8.98. The summed E-state index contributed by atoms with van der Waals surface area (Å²) in [6.07, 6.45) is 0. The third kappa shape index (κ3) is 3.77. The van der Waals surface area contributed by atoms with Crippen LogP contribution >= 0.6 is 0 Å². The molecular formula is C21H21NO4. The Morgan fingerprint density at radius 2 is 1.85 bits per heavy atom. The van der Waals surface area contributed by atoms with Gasteiger partial charge in [-0.3, -0.25) is 0 Å². The first-order chi connectivity index (χ1) is 12.5. The minimum atomic E-state index is -0.960. The number of nitrogens with zero attached hydrogens (tertiary/aromatic N) is 1. The van der Waals surface area contributed by atoms with Gasteiger partial charge in [0, 0.05) is 5.56 Å². The molecule has 0 radical (unpaired) electrons. The van der Waals surface area contributed by atoms with Crippen LogP contribution in [-0.2, 0) is 6.61 Å². The summed E-state index contributed by atoms with van der Waals surface area (Å²) >= 11 is 0. The molecule has 134 valence electrons. The molecule has 0 aliphatic rings. The van der Waals surface area contributed by atoms with Crippen LogP contribution in [0.4, 0.5) is 0 Å². The Morgan fingerprint density at radius 1 is 1.15 bits per heavy atom. The average Bonchev–Trinajstić information content (AvgIpc) is 3.01. The zero-order valence-electron chi connectivity index (χ0n) is 15.0. The number of aromatic nitrogens is 1. The zero-order valence-corrected chi connectivity index (χ0v) is 15.0. The zero-order chi connectivity index (χ0) is 18.7. The molecule has 0 fully saturated rings. The number of rotatable bonds is 6. The predicted molar refractivity (Wildman–Crippen MR) is 98.5 cm³/mol. The van der Waals surface area contributed by atoms with Crippen molar-refractivity contribution in [3.63, 3.8) is 0 Å². The summed E-state index contributed by atoms with van der Waals surface area (Å²) in [6.45, 7) is 6.41. The van der Waals surface area contributed by atoms with Crippen LogP contribution in [0.15, 0.2) is 52.9 Å². The third-order valence-corrected chi connectivity index (χ3v) is 4.18. The monoisotopic (exact) mass is 351 g/mol. The Hall–Kier alpha value is -3.08. The number of benzene rings is 2. The van der Waals surface area contributed by atoms with Gasteiger partial charge in [0.25, 0.3) is 0 Å². The minimum Gasteiger partial charge on any atom is -0.487 e. The van der Waals surface area contributed by atoms with E-state index in [1.807, 2.05) is 25.1 Å². The maximum Gasteiger partial charge on any atom is 0.335 e. The summed E-state index contributed by atoms with van der Waals surface area (Å²) in [5.74, 6) is 1.39. The molecule has 0 aliphatic carbocycles. The molecule has 3 rings (SSSR count). The van der Waals surface area contributed by atoms with Crippen LogP contribution < -0.4 is 4.74 Å². The SMILES string of the molecule is Cc1oc(-c2ccc(C(=O)O)cc2)nc1COc1ccccc1C(C)C. The van der Waals surface area contributed by atoms with Gasteiger partial charge in [-0.15, -0.1) is 0 Å². The maximum absolute atomic E-state index is 10.9. The van der Waals surface area contributed by atoms with Crippen LogP contribution in [-0.4, -0.2) is 16.1 Å². The van der Waals surface area contributed by atoms with Gasteiger partial charge in [-0.2, -0.15) is 0 Å². The lowest BCUT2D eigenvalue weighted by Gasteiger charge is -2.13. The minimum absolute atomic E-state index is 0.228. The van der Waals surface area contributed by atoms with Crippen molar-refractivity contribution in [2.45, 2.75) is 33.3 Å². The molecule has 1 N–H and O–H groups in total. The first kappa shape index (κ1) is 17.7. The normalized spacial score (nSPS) is 10.9. The number of carboxylic acids is 1. The number of oxazole rings is 1. The molecule has 26 heavy (non-hydrogen) atoms. The number of carboxylic acid groups (broad SMARTS) is 1. The van der Waals surface area contributed by atoms with Crippen molar-refractivity contribution < 1.29 is 19.1 Å². The second-order valence-corrected chi connectivity index (χ2v) is 6.39. The highest BCUT2D eigenvalue weighted by Crippen LogP contribution is 2.28. The molecular weight excluding hydrogens is 330 g/mol. The van der Waals surface area contributed by atoms with E-state index in [0.29, 0.717) is 24.2 Å².